The first-order valence-corrected chi connectivity index (χ1v) is 7.14. The van der Waals surface area contributed by atoms with E-state index in [2.05, 4.69) is 50.1 Å². The quantitative estimate of drug-likeness (QED) is 0.836. The van der Waals surface area contributed by atoms with Gasteiger partial charge in [-0.2, -0.15) is 0 Å². The van der Waals surface area contributed by atoms with Crippen molar-refractivity contribution in [2.75, 3.05) is 20.1 Å². The summed E-state index contributed by atoms with van der Waals surface area (Å²) in [6.45, 7) is 6.41. The standard InChI is InChI=1S/C16H26N2/c1-4-13-5-7-14(8-6-13)16(10-17)18(3)11-15-9-12(15)2/h5-8,12,15-16H,4,9-11,17H2,1-3H3. The lowest BCUT2D eigenvalue weighted by Gasteiger charge is -2.27. The van der Waals surface area contributed by atoms with Gasteiger partial charge < -0.3 is 5.73 Å². The summed E-state index contributed by atoms with van der Waals surface area (Å²) in [4.78, 5) is 2.43. The average Bonchev–Trinajstić information content (AvgIpc) is 3.06. The molecule has 0 saturated heterocycles. The largest absolute Gasteiger partial charge is 0.329 e. The summed E-state index contributed by atoms with van der Waals surface area (Å²) in [6.07, 6.45) is 2.49. The minimum absolute atomic E-state index is 0.365. The van der Waals surface area contributed by atoms with Gasteiger partial charge in [0.25, 0.3) is 0 Å². The molecule has 0 aliphatic heterocycles. The van der Waals surface area contributed by atoms with Gasteiger partial charge in [0.15, 0.2) is 0 Å². The Balaban J connectivity index is 2.01. The molecule has 0 aromatic heterocycles. The molecule has 0 spiro atoms. The topological polar surface area (TPSA) is 29.3 Å². The Hall–Kier alpha value is -0.860. The molecule has 2 nitrogen and oxygen atoms in total. The summed E-state index contributed by atoms with van der Waals surface area (Å²) < 4.78 is 0. The van der Waals surface area contributed by atoms with Crippen molar-refractivity contribution in [2.24, 2.45) is 17.6 Å². The van der Waals surface area contributed by atoms with Gasteiger partial charge in [-0.25, -0.2) is 0 Å². The Morgan fingerprint density at radius 3 is 2.39 bits per heavy atom. The lowest BCUT2D eigenvalue weighted by Crippen LogP contribution is -2.32. The molecule has 1 saturated carbocycles. The maximum Gasteiger partial charge on any atom is 0.0467 e. The molecule has 3 atom stereocenters. The van der Waals surface area contributed by atoms with Crippen LogP contribution >= 0.6 is 0 Å². The summed E-state index contributed by atoms with van der Waals surface area (Å²) in [5.74, 6) is 1.80. The van der Waals surface area contributed by atoms with Crippen LogP contribution in [-0.2, 0) is 6.42 Å². The number of nitrogens with two attached hydrogens (primary N) is 1. The first kappa shape index (κ1) is 13.6. The molecule has 1 aromatic rings. The molecule has 2 heteroatoms. The Morgan fingerprint density at radius 2 is 1.94 bits per heavy atom. The van der Waals surface area contributed by atoms with Crippen molar-refractivity contribution in [3.63, 3.8) is 0 Å². The smallest absolute Gasteiger partial charge is 0.0467 e. The molecule has 100 valence electrons. The van der Waals surface area contributed by atoms with E-state index in [1.807, 2.05) is 0 Å². The second-order valence-corrected chi connectivity index (χ2v) is 5.76. The fourth-order valence-corrected chi connectivity index (χ4v) is 2.70. The maximum atomic E-state index is 5.97. The molecule has 18 heavy (non-hydrogen) atoms. The first-order chi connectivity index (χ1) is 8.65. The third-order valence-corrected chi connectivity index (χ3v) is 4.33. The van der Waals surface area contributed by atoms with Crippen molar-refractivity contribution in [1.82, 2.24) is 4.90 Å². The van der Waals surface area contributed by atoms with Gasteiger partial charge in [0.05, 0.1) is 0 Å². The molecule has 0 radical (unpaired) electrons. The molecule has 1 fully saturated rings. The Morgan fingerprint density at radius 1 is 1.33 bits per heavy atom. The Labute approximate surface area is 111 Å². The zero-order valence-corrected chi connectivity index (χ0v) is 11.9. The normalized spacial score (nSPS) is 24.3. The molecule has 2 N–H and O–H groups in total. The van der Waals surface area contributed by atoms with Crippen LogP contribution in [0.2, 0.25) is 0 Å². The molecule has 1 aliphatic rings. The molecule has 0 amide bonds. The van der Waals surface area contributed by atoms with Crippen LogP contribution in [0.4, 0.5) is 0 Å². The van der Waals surface area contributed by atoms with Crippen LogP contribution in [0.3, 0.4) is 0 Å². The van der Waals surface area contributed by atoms with Crippen molar-refractivity contribution >= 4 is 0 Å². The summed E-state index contributed by atoms with van der Waals surface area (Å²) in [5.41, 5.74) is 8.71. The van der Waals surface area contributed by atoms with Gasteiger partial charge in [-0.3, -0.25) is 4.90 Å². The van der Waals surface area contributed by atoms with E-state index < -0.39 is 0 Å². The summed E-state index contributed by atoms with van der Waals surface area (Å²) in [6, 6.07) is 9.30. The third-order valence-electron chi connectivity index (χ3n) is 4.33. The van der Waals surface area contributed by atoms with Crippen LogP contribution < -0.4 is 5.73 Å². The van der Waals surface area contributed by atoms with E-state index in [4.69, 9.17) is 5.73 Å². The summed E-state index contributed by atoms with van der Waals surface area (Å²) in [5, 5.41) is 0. The number of nitrogens with zero attached hydrogens (tertiary/aromatic N) is 1. The first-order valence-electron chi connectivity index (χ1n) is 7.14. The van der Waals surface area contributed by atoms with E-state index in [9.17, 15) is 0 Å². The molecular formula is C16H26N2. The minimum atomic E-state index is 0.365. The molecular weight excluding hydrogens is 220 g/mol. The van der Waals surface area contributed by atoms with Gasteiger partial charge in [-0.05, 0) is 42.9 Å². The van der Waals surface area contributed by atoms with E-state index >= 15 is 0 Å². The minimum Gasteiger partial charge on any atom is -0.329 e. The highest BCUT2D eigenvalue weighted by Crippen LogP contribution is 2.39. The molecule has 1 aliphatic carbocycles. The van der Waals surface area contributed by atoms with Crippen LogP contribution in [0.1, 0.15) is 37.4 Å². The second kappa shape index (κ2) is 5.85. The van der Waals surface area contributed by atoms with Crippen molar-refractivity contribution in [2.45, 2.75) is 32.7 Å². The third kappa shape index (κ3) is 3.12. The fraction of sp³-hybridized carbons (Fsp3) is 0.625. The van der Waals surface area contributed by atoms with E-state index in [-0.39, 0.29) is 0 Å². The number of hydrogen-bond acceptors (Lipinski definition) is 2. The van der Waals surface area contributed by atoms with Crippen molar-refractivity contribution in [3.8, 4) is 0 Å². The highest BCUT2D eigenvalue weighted by molar-refractivity contribution is 5.25. The number of hydrogen-bond donors (Lipinski definition) is 1. The van der Waals surface area contributed by atoms with E-state index in [0.717, 1.165) is 18.3 Å². The van der Waals surface area contributed by atoms with Crippen molar-refractivity contribution in [1.29, 1.82) is 0 Å². The van der Waals surface area contributed by atoms with Crippen molar-refractivity contribution < 1.29 is 0 Å². The number of likely N-dealkylation sites (N-methyl/N-ethyl adjacent to an activating group) is 1. The monoisotopic (exact) mass is 246 g/mol. The second-order valence-electron chi connectivity index (χ2n) is 5.76. The maximum absolute atomic E-state index is 5.97. The van der Waals surface area contributed by atoms with Gasteiger partial charge >= 0.3 is 0 Å². The van der Waals surface area contributed by atoms with Crippen LogP contribution in [0.15, 0.2) is 24.3 Å². The van der Waals surface area contributed by atoms with Gasteiger partial charge in [-0.1, -0.05) is 38.1 Å². The predicted octanol–water partition coefficient (Wildman–Crippen LogP) is 2.84. The molecule has 0 heterocycles. The van der Waals surface area contributed by atoms with E-state index in [1.165, 1.54) is 24.1 Å². The van der Waals surface area contributed by atoms with E-state index in [1.54, 1.807) is 0 Å². The van der Waals surface area contributed by atoms with Crippen molar-refractivity contribution in [3.05, 3.63) is 35.4 Å². The zero-order valence-electron chi connectivity index (χ0n) is 11.9. The highest BCUT2D eigenvalue weighted by Gasteiger charge is 2.34. The molecule has 0 bridgehead atoms. The molecule has 2 rings (SSSR count). The number of benzene rings is 1. The highest BCUT2D eigenvalue weighted by atomic mass is 15.1. The fourth-order valence-electron chi connectivity index (χ4n) is 2.70. The van der Waals surface area contributed by atoms with Crippen LogP contribution in [0.5, 0.6) is 0 Å². The molecule has 3 unspecified atom stereocenters. The van der Waals surface area contributed by atoms with Gasteiger partial charge in [0.2, 0.25) is 0 Å². The number of rotatable bonds is 6. The van der Waals surface area contributed by atoms with Gasteiger partial charge in [-0.15, -0.1) is 0 Å². The summed E-state index contributed by atoms with van der Waals surface area (Å²) in [7, 11) is 2.20. The van der Waals surface area contributed by atoms with Gasteiger partial charge in [0, 0.05) is 19.1 Å². The number of aryl methyl sites for hydroxylation is 1. The van der Waals surface area contributed by atoms with Crippen LogP contribution in [-0.4, -0.2) is 25.0 Å². The Kier molecular flexibility index (Phi) is 4.41. The lowest BCUT2D eigenvalue weighted by atomic mass is 10.0. The SMILES string of the molecule is CCc1ccc(C(CN)N(C)CC2CC2C)cc1. The van der Waals surface area contributed by atoms with Gasteiger partial charge in [0.1, 0.15) is 0 Å². The lowest BCUT2D eigenvalue weighted by molar-refractivity contribution is 0.237. The average molecular weight is 246 g/mol. The van der Waals surface area contributed by atoms with Crippen LogP contribution in [0.25, 0.3) is 0 Å². The zero-order chi connectivity index (χ0) is 13.1. The predicted molar refractivity (Wildman–Crippen MR) is 77.5 cm³/mol. The van der Waals surface area contributed by atoms with Crippen LogP contribution in [0, 0.1) is 11.8 Å². The Bertz CT molecular complexity index is 371. The van der Waals surface area contributed by atoms with E-state index in [0.29, 0.717) is 12.6 Å². The molecule has 1 aromatic carbocycles. The summed E-state index contributed by atoms with van der Waals surface area (Å²) >= 11 is 0.